The summed E-state index contributed by atoms with van der Waals surface area (Å²) in [5.74, 6) is -0.323. The number of hydrogen-bond donors (Lipinski definition) is 2. The highest BCUT2D eigenvalue weighted by atomic mass is 16.6. The minimum absolute atomic E-state index is 0.0465. The smallest absolute Gasteiger partial charge is 0.269 e. The Morgan fingerprint density at radius 1 is 0.794 bits per heavy atom. The van der Waals surface area contributed by atoms with Crippen molar-refractivity contribution in [3.63, 3.8) is 0 Å². The van der Waals surface area contributed by atoms with Gasteiger partial charge in [0.2, 0.25) is 0 Å². The summed E-state index contributed by atoms with van der Waals surface area (Å²) in [6.07, 6.45) is 4.22. The Morgan fingerprint density at radius 2 is 1.21 bits per heavy atom. The average Bonchev–Trinajstić information content (AvgIpc) is 3.42. The number of nitrogens with one attached hydrogen (secondary N) is 2. The zero-order valence-corrected chi connectivity index (χ0v) is 18.9. The monoisotopic (exact) mass is 465 g/mol. The van der Waals surface area contributed by atoms with E-state index in [4.69, 9.17) is 0 Å². The van der Waals surface area contributed by atoms with Gasteiger partial charge in [-0.1, -0.05) is 17.7 Å². The summed E-state index contributed by atoms with van der Waals surface area (Å²) in [6.45, 7) is 1.97. The second-order valence-corrected chi connectivity index (χ2v) is 8.44. The van der Waals surface area contributed by atoms with Crippen molar-refractivity contribution < 1.29 is 24.1 Å². The summed E-state index contributed by atoms with van der Waals surface area (Å²) in [5, 5.41) is 15.9. The number of ketones is 2. The molecular weight excluding hydrogens is 438 g/mol. The van der Waals surface area contributed by atoms with E-state index >= 15 is 0 Å². The third-order valence-electron chi connectivity index (χ3n) is 5.87. The Bertz CT molecular complexity index is 1080. The van der Waals surface area contributed by atoms with Gasteiger partial charge in [-0.25, -0.2) is 0 Å². The van der Waals surface area contributed by atoms with Gasteiger partial charge < -0.3 is 10.6 Å². The molecular formula is C25H27N3O6. The van der Waals surface area contributed by atoms with E-state index < -0.39 is 11.0 Å². The van der Waals surface area contributed by atoms with Crippen molar-refractivity contribution in [2.75, 3.05) is 0 Å². The molecule has 2 amide bonds. The number of non-ortho nitro benzene ring substituents is 1. The number of nitrogens with zero attached hydrogens (tertiary/aromatic N) is 1. The molecule has 2 N–H and O–H groups in total. The van der Waals surface area contributed by atoms with Crippen molar-refractivity contribution in [2.45, 2.75) is 57.5 Å². The topological polar surface area (TPSA) is 135 Å². The number of Topliss-reactive ketones (excluding diaryl/α,β-unsaturated/α-hetero) is 2. The summed E-state index contributed by atoms with van der Waals surface area (Å²) in [7, 11) is 0. The molecule has 2 fully saturated rings. The molecule has 4 rings (SSSR count). The van der Waals surface area contributed by atoms with Crippen LogP contribution in [0.3, 0.4) is 0 Å². The highest BCUT2D eigenvalue weighted by Crippen LogP contribution is 2.17. The Morgan fingerprint density at radius 3 is 1.56 bits per heavy atom. The van der Waals surface area contributed by atoms with E-state index in [1.807, 2.05) is 19.1 Å². The summed E-state index contributed by atoms with van der Waals surface area (Å²) < 4.78 is 0. The number of benzene rings is 2. The van der Waals surface area contributed by atoms with Gasteiger partial charge in [0.15, 0.2) is 11.6 Å². The van der Waals surface area contributed by atoms with Crippen LogP contribution in [0.4, 0.5) is 5.69 Å². The van der Waals surface area contributed by atoms with Crippen LogP contribution in [0.15, 0.2) is 48.5 Å². The number of nitro benzene ring substituents is 1. The van der Waals surface area contributed by atoms with Crippen LogP contribution >= 0.6 is 0 Å². The zero-order chi connectivity index (χ0) is 24.7. The largest absolute Gasteiger partial charge is 0.342 e. The normalized spacial score (nSPS) is 19.2. The molecule has 9 nitrogen and oxygen atoms in total. The summed E-state index contributed by atoms with van der Waals surface area (Å²) in [5.41, 5.74) is 1.99. The standard InChI is InChI=1S/C13H15NO2.C12H12N2O4/c1-9-5-7-10(8-6-9)13(16)14-11-3-2-4-12(11)15;15-11-3-1-2-10(11)13-12(16)8-4-6-9(7-5-8)14(17)18/h5-8,11H,2-4H2,1H3,(H,14,16);4-7,10H,1-3H2,(H,13,16). The van der Waals surface area contributed by atoms with E-state index in [9.17, 15) is 29.3 Å². The molecule has 34 heavy (non-hydrogen) atoms. The molecule has 2 aliphatic rings. The molecule has 0 radical (unpaired) electrons. The van der Waals surface area contributed by atoms with E-state index in [0.29, 0.717) is 30.4 Å². The van der Waals surface area contributed by atoms with Crippen LogP contribution < -0.4 is 10.6 Å². The lowest BCUT2D eigenvalue weighted by Crippen LogP contribution is -2.37. The maximum absolute atomic E-state index is 11.8. The first-order valence-corrected chi connectivity index (χ1v) is 11.2. The van der Waals surface area contributed by atoms with Crippen molar-refractivity contribution in [3.05, 3.63) is 75.3 Å². The van der Waals surface area contributed by atoms with Gasteiger partial charge in [0.05, 0.1) is 17.0 Å². The third-order valence-corrected chi connectivity index (χ3v) is 5.87. The van der Waals surface area contributed by atoms with Crippen molar-refractivity contribution in [1.82, 2.24) is 10.6 Å². The van der Waals surface area contributed by atoms with Crippen molar-refractivity contribution >= 4 is 29.1 Å². The number of nitro groups is 1. The van der Waals surface area contributed by atoms with Crippen LogP contribution in [0.25, 0.3) is 0 Å². The van der Waals surface area contributed by atoms with Gasteiger partial charge >= 0.3 is 0 Å². The highest BCUT2D eigenvalue weighted by molar-refractivity contribution is 5.99. The van der Waals surface area contributed by atoms with Crippen LogP contribution in [0.2, 0.25) is 0 Å². The van der Waals surface area contributed by atoms with E-state index in [-0.39, 0.29) is 35.1 Å². The van der Waals surface area contributed by atoms with Crippen molar-refractivity contribution in [1.29, 1.82) is 0 Å². The third kappa shape index (κ3) is 6.57. The molecule has 2 atom stereocenters. The lowest BCUT2D eigenvalue weighted by molar-refractivity contribution is -0.384. The first kappa shape index (κ1) is 24.8. The Hall–Kier alpha value is -3.88. The summed E-state index contributed by atoms with van der Waals surface area (Å²) in [4.78, 5) is 56.3. The number of hydrogen-bond acceptors (Lipinski definition) is 6. The molecule has 178 valence electrons. The van der Waals surface area contributed by atoms with E-state index in [0.717, 1.165) is 24.8 Å². The SMILES string of the molecule is Cc1ccc(C(=O)NC2CCCC2=O)cc1.O=C(NC1CCCC1=O)c1ccc([N+](=O)[O-])cc1. The molecule has 2 saturated carbocycles. The van der Waals surface area contributed by atoms with Crippen LogP contribution in [0, 0.1) is 17.0 Å². The van der Waals surface area contributed by atoms with Gasteiger partial charge in [-0.15, -0.1) is 0 Å². The van der Waals surface area contributed by atoms with E-state index in [1.165, 1.54) is 24.3 Å². The fourth-order valence-corrected chi connectivity index (χ4v) is 3.86. The molecule has 0 aliphatic heterocycles. The molecule has 2 aliphatic carbocycles. The van der Waals surface area contributed by atoms with Crippen LogP contribution in [-0.4, -0.2) is 40.4 Å². The van der Waals surface area contributed by atoms with Crippen molar-refractivity contribution in [3.8, 4) is 0 Å². The predicted octanol–water partition coefficient (Wildman–Crippen LogP) is 3.29. The Labute approximate surface area is 197 Å². The quantitative estimate of drug-likeness (QED) is 0.514. The molecule has 0 aromatic heterocycles. The zero-order valence-electron chi connectivity index (χ0n) is 18.9. The second-order valence-electron chi connectivity index (χ2n) is 8.44. The lowest BCUT2D eigenvalue weighted by Gasteiger charge is -2.10. The molecule has 2 aromatic carbocycles. The summed E-state index contributed by atoms with van der Waals surface area (Å²) in [6, 6.07) is 12.0. The molecule has 2 unspecified atom stereocenters. The number of carbonyl (C=O) groups excluding carboxylic acids is 4. The van der Waals surface area contributed by atoms with Gasteiger partial charge in [0.25, 0.3) is 17.5 Å². The average molecular weight is 466 g/mol. The van der Waals surface area contributed by atoms with Gasteiger partial charge in [0, 0.05) is 36.1 Å². The van der Waals surface area contributed by atoms with Crippen LogP contribution in [-0.2, 0) is 9.59 Å². The van der Waals surface area contributed by atoms with E-state index in [1.54, 1.807) is 12.1 Å². The predicted molar refractivity (Wildman–Crippen MR) is 124 cm³/mol. The first-order chi connectivity index (χ1) is 16.2. The minimum atomic E-state index is -0.526. The summed E-state index contributed by atoms with van der Waals surface area (Å²) >= 11 is 0. The van der Waals surface area contributed by atoms with Gasteiger partial charge in [-0.2, -0.15) is 0 Å². The number of amides is 2. The van der Waals surface area contributed by atoms with Gasteiger partial charge in [-0.05, 0) is 56.9 Å². The Balaban J connectivity index is 0.000000192. The van der Waals surface area contributed by atoms with Crippen molar-refractivity contribution in [2.24, 2.45) is 0 Å². The number of rotatable bonds is 5. The highest BCUT2D eigenvalue weighted by Gasteiger charge is 2.27. The molecule has 0 saturated heterocycles. The molecule has 0 bridgehead atoms. The molecule has 9 heteroatoms. The van der Waals surface area contributed by atoms with Crippen LogP contribution in [0.5, 0.6) is 0 Å². The molecule has 0 spiro atoms. The first-order valence-electron chi connectivity index (χ1n) is 11.2. The minimum Gasteiger partial charge on any atom is -0.342 e. The molecule has 2 aromatic rings. The fraction of sp³-hybridized carbons (Fsp3) is 0.360. The fourth-order valence-electron chi connectivity index (χ4n) is 3.86. The number of carbonyl (C=O) groups is 4. The van der Waals surface area contributed by atoms with E-state index in [2.05, 4.69) is 10.6 Å². The maximum Gasteiger partial charge on any atom is 0.269 e. The maximum atomic E-state index is 11.8. The second kappa shape index (κ2) is 11.3. The Kier molecular flexibility index (Phi) is 8.24. The van der Waals surface area contributed by atoms with Crippen LogP contribution in [0.1, 0.15) is 64.8 Å². The lowest BCUT2D eigenvalue weighted by atomic mass is 10.1. The number of aryl methyl sites for hydroxylation is 1. The molecule has 0 heterocycles. The van der Waals surface area contributed by atoms with Gasteiger partial charge in [0.1, 0.15) is 0 Å². The van der Waals surface area contributed by atoms with Gasteiger partial charge in [-0.3, -0.25) is 29.3 Å².